The third kappa shape index (κ3) is 7.58. The molecule has 1 heterocycles. The molecule has 6 nitrogen and oxygen atoms in total. The number of ether oxygens (including phenoxy) is 1. The van der Waals surface area contributed by atoms with E-state index in [0.29, 0.717) is 32.0 Å². The predicted octanol–water partition coefficient (Wildman–Crippen LogP) is 3.42. The number of carbonyl (C=O) groups is 2. The minimum absolute atomic E-state index is 0.172. The van der Waals surface area contributed by atoms with Gasteiger partial charge in [0.25, 0.3) is 0 Å². The number of amides is 1. The van der Waals surface area contributed by atoms with Crippen LogP contribution in [0.1, 0.15) is 64.7 Å². The minimum Gasteiger partial charge on any atom is -0.466 e. The van der Waals surface area contributed by atoms with E-state index in [4.69, 9.17) is 4.74 Å². The summed E-state index contributed by atoms with van der Waals surface area (Å²) in [4.78, 5) is 30.2. The number of rotatable bonds is 11. The summed E-state index contributed by atoms with van der Waals surface area (Å²) in [5.74, 6) is 0.642. The van der Waals surface area contributed by atoms with Crippen molar-refractivity contribution in [1.29, 1.82) is 0 Å². The number of nitrogens with zero attached hydrogens (tertiary/aromatic N) is 3. The van der Waals surface area contributed by atoms with Crippen LogP contribution in [0, 0.1) is 5.92 Å². The van der Waals surface area contributed by atoms with Gasteiger partial charge in [-0.3, -0.25) is 9.59 Å². The molecule has 146 valence electrons. The molecule has 0 atom stereocenters. The highest BCUT2D eigenvalue weighted by Gasteiger charge is 2.19. The van der Waals surface area contributed by atoms with E-state index >= 15 is 0 Å². The van der Waals surface area contributed by atoms with Crippen LogP contribution in [0.4, 0.5) is 0 Å². The first-order chi connectivity index (χ1) is 12.7. The highest BCUT2D eigenvalue weighted by Crippen LogP contribution is 2.27. The van der Waals surface area contributed by atoms with Crippen molar-refractivity contribution in [1.82, 2.24) is 14.5 Å². The maximum atomic E-state index is 12.7. The first-order valence-corrected chi connectivity index (χ1v) is 10.1. The minimum atomic E-state index is -0.229. The average molecular weight is 364 g/mol. The predicted molar refractivity (Wildman–Crippen MR) is 100 cm³/mol. The number of carbonyl (C=O) groups excluding carboxylic acids is 2. The lowest BCUT2D eigenvalue weighted by Gasteiger charge is -2.25. The van der Waals surface area contributed by atoms with Crippen LogP contribution >= 0.6 is 0 Å². The molecule has 1 aromatic rings. The Balaban J connectivity index is 1.78. The van der Waals surface area contributed by atoms with E-state index in [0.717, 1.165) is 19.4 Å². The fourth-order valence-electron chi connectivity index (χ4n) is 3.65. The quantitative estimate of drug-likeness (QED) is 0.565. The maximum Gasteiger partial charge on any atom is 0.307 e. The van der Waals surface area contributed by atoms with Gasteiger partial charge in [0.1, 0.15) is 0 Å². The number of imidazole rings is 1. The second-order valence-corrected chi connectivity index (χ2v) is 7.13. The lowest BCUT2D eigenvalue weighted by Crippen LogP contribution is -2.34. The molecular formula is C20H33N3O3. The van der Waals surface area contributed by atoms with Gasteiger partial charge in [-0.1, -0.05) is 32.1 Å². The second-order valence-electron chi connectivity index (χ2n) is 7.13. The standard InChI is InChI=1S/C20H33N3O3/c1-2-26-20(25)11-15-23(14-6-13-22-16-12-21-17-22)19(24)10-9-18-7-4-3-5-8-18/h12,16-18H,2-11,13-15H2,1H3. The Hall–Kier alpha value is -1.85. The Morgan fingerprint density at radius 1 is 1.19 bits per heavy atom. The van der Waals surface area contributed by atoms with Crippen molar-refractivity contribution >= 4 is 11.9 Å². The van der Waals surface area contributed by atoms with Gasteiger partial charge >= 0.3 is 5.97 Å². The lowest BCUT2D eigenvalue weighted by molar-refractivity contribution is -0.144. The van der Waals surface area contributed by atoms with Crippen LogP contribution in [0.25, 0.3) is 0 Å². The first-order valence-electron chi connectivity index (χ1n) is 10.1. The number of aromatic nitrogens is 2. The van der Waals surface area contributed by atoms with Gasteiger partial charge in [0.05, 0.1) is 19.4 Å². The zero-order chi connectivity index (χ0) is 18.6. The van der Waals surface area contributed by atoms with Crippen molar-refractivity contribution in [3.05, 3.63) is 18.7 Å². The van der Waals surface area contributed by atoms with E-state index in [1.807, 2.05) is 15.7 Å². The van der Waals surface area contributed by atoms with Crippen molar-refractivity contribution in [2.24, 2.45) is 5.92 Å². The lowest BCUT2D eigenvalue weighted by atomic mass is 9.86. The smallest absolute Gasteiger partial charge is 0.307 e. The second kappa shape index (κ2) is 11.7. The molecule has 6 heteroatoms. The van der Waals surface area contributed by atoms with Crippen molar-refractivity contribution in [3.8, 4) is 0 Å². The Morgan fingerprint density at radius 2 is 2.00 bits per heavy atom. The normalized spacial score (nSPS) is 15.0. The molecule has 1 fully saturated rings. The van der Waals surface area contributed by atoms with Crippen molar-refractivity contribution in [2.45, 2.75) is 71.3 Å². The third-order valence-corrected chi connectivity index (χ3v) is 5.14. The van der Waals surface area contributed by atoms with Crippen LogP contribution < -0.4 is 0 Å². The summed E-state index contributed by atoms with van der Waals surface area (Å²) < 4.78 is 7.01. The van der Waals surface area contributed by atoms with Gasteiger partial charge in [0.2, 0.25) is 5.91 Å². The summed E-state index contributed by atoms with van der Waals surface area (Å²) >= 11 is 0. The molecule has 0 spiro atoms. The molecule has 1 aliphatic rings. The highest BCUT2D eigenvalue weighted by molar-refractivity contribution is 5.77. The Kier molecular flexibility index (Phi) is 9.21. The summed E-state index contributed by atoms with van der Waals surface area (Å²) in [5, 5.41) is 0. The van der Waals surface area contributed by atoms with Gasteiger partial charge in [-0.25, -0.2) is 4.98 Å². The number of hydrogen-bond acceptors (Lipinski definition) is 4. The molecular weight excluding hydrogens is 330 g/mol. The van der Waals surface area contributed by atoms with Crippen LogP contribution in [-0.4, -0.2) is 46.0 Å². The van der Waals surface area contributed by atoms with Crippen LogP contribution in [0.15, 0.2) is 18.7 Å². The summed E-state index contributed by atoms with van der Waals surface area (Å²) in [6, 6.07) is 0. The number of aryl methyl sites for hydroxylation is 1. The Labute approximate surface area is 156 Å². The summed E-state index contributed by atoms with van der Waals surface area (Å²) in [5.41, 5.74) is 0. The average Bonchev–Trinajstić information content (AvgIpc) is 3.17. The first kappa shape index (κ1) is 20.5. The molecule has 0 aliphatic heterocycles. The van der Waals surface area contributed by atoms with Gasteiger partial charge < -0.3 is 14.2 Å². The zero-order valence-corrected chi connectivity index (χ0v) is 16.1. The summed E-state index contributed by atoms with van der Waals surface area (Å²) in [6.45, 7) is 4.13. The van der Waals surface area contributed by atoms with Gasteiger partial charge in [-0.2, -0.15) is 0 Å². The molecule has 0 N–H and O–H groups in total. The third-order valence-electron chi connectivity index (χ3n) is 5.14. The molecule has 0 aromatic carbocycles. The van der Waals surface area contributed by atoms with E-state index in [1.54, 1.807) is 19.4 Å². The van der Waals surface area contributed by atoms with Crippen LogP contribution in [-0.2, 0) is 20.9 Å². The highest BCUT2D eigenvalue weighted by atomic mass is 16.5. The molecule has 0 bridgehead atoms. The largest absolute Gasteiger partial charge is 0.466 e. The van der Waals surface area contributed by atoms with E-state index in [2.05, 4.69) is 4.98 Å². The van der Waals surface area contributed by atoms with Gasteiger partial charge in [-0.05, 0) is 25.7 Å². The zero-order valence-electron chi connectivity index (χ0n) is 16.1. The molecule has 1 aromatic heterocycles. The molecule has 0 unspecified atom stereocenters. The topological polar surface area (TPSA) is 64.4 Å². The Bertz CT molecular complexity index is 524. The van der Waals surface area contributed by atoms with Crippen molar-refractivity contribution in [2.75, 3.05) is 19.7 Å². The van der Waals surface area contributed by atoms with Gasteiger partial charge in [0, 0.05) is 38.4 Å². The van der Waals surface area contributed by atoms with E-state index in [-0.39, 0.29) is 18.3 Å². The van der Waals surface area contributed by atoms with Crippen LogP contribution in [0.5, 0.6) is 0 Å². The molecule has 0 radical (unpaired) electrons. The molecule has 1 aliphatic carbocycles. The van der Waals surface area contributed by atoms with E-state index in [9.17, 15) is 9.59 Å². The number of hydrogen-bond donors (Lipinski definition) is 0. The molecule has 1 saturated carbocycles. The van der Waals surface area contributed by atoms with E-state index < -0.39 is 0 Å². The summed E-state index contributed by atoms with van der Waals surface area (Å²) in [7, 11) is 0. The molecule has 26 heavy (non-hydrogen) atoms. The van der Waals surface area contributed by atoms with Crippen molar-refractivity contribution < 1.29 is 14.3 Å². The van der Waals surface area contributed by atoms with Crippen LogP contribution in [0.2, 0.25) is 0 Å². The Morgan fingerprint density at radius 3 is 2.69 bits per heavy atom. The molecule has 2 rings (SSSR count). The maximum absolute atomic E-state index is 12.7. The van der Waals surface area contributed by atoms with E-state index in [1.165, 1.54) is 32.1 Å². The van der Waals surface area contributed by atoms with Crippen LogP contribution in [0.3, 0.4) is 0 Å². The summed E-state index contributed by atoms with van der Waals surface area (Å²) in [6.07, 6.45) is 14.6. The van der Waals surface area contributed by atoms with Gasteiger partial charge in [-0.15, -0.1) is 0 Å². The van der Waals surface area contributed by atoms with Gasteiger partial charge in [0.15, 0.2) is 0 Å². The van der Waals surface area contributed by atoms with Crippen molar-refractivity contribution in [3.63, 3.8) is 0 Å². The molecule has 0 saturated heterocycles. The monoisotopic (exact) mass is 363 g/mol. The number of esters is 1. The SMILES string of the molecule is CCOC(=O)CCN(CCCn1ccnc1)C(=O)CCC1CCCCC1. The molecule has 1 amide bonds. The fourth-order valence-corrected chi connectivity index (χ4v) is 3.65. The fraction of sp³-hybridized carbons (Fsp3) is 0.750.